The first-order chi connectivity index (χ1) is 8.59. The molecule has 96 valence electrons. The van der Waals surface area contributed by atoms with Crippen LogP contribution in [-0.2, 0) is 18.4 Å². The Hall–Kier alpha value is -1.83. The molecule has 18 heavy (non-hydrogen) atoms. The summed E-state index contributed by atoms with van der Waals surface area (Å²) in [4.78, 5) is 18.2. The van der Waals surface area contributed by atoms with Crippen molar-refractivity contribution in [3.63, 3.8) is 0 Å². The highest BCUT2D eigenvalue weighted by Gasteiger charge is 2.43. The maximum absolute atomic E-state index is 12.4. The molecule has 5 heteroatoms. The predicted octanol–water partition coefficient (Wildman–Crippen LogP) is 1.46. The Labute approximate surface area is 107 Å². The summed E-state index contributed by atoms with van der Waals surface area (Å²) < 4.78 is 1.89. The summed E-state index contributed by atoms with van der Waals surface area (Å²) in [6.45, 7) is 0.450. The van der Waals surface area contributed by atoms with E-state index in [0.29, 0.717) is 19.4 Å². The molecule has 1 aromatic heterocycles. The summed E-state index contributed by atoms with van der Waals surface area (Å²) in [5, 5.41) is 9.30. The second-order valence-electron chi connectivity index (χ2n) is 5.02. The zero-order chi connectivity index (χ0) is 13.2. The minimum atomic E-state index is -0.792. The molecule has 0 aliphatic heterocycles. The fourth-order valence-corrected chi connectivity index (χ4v) is 2.55. The molecule has 1 aliphatic carbocycles. The quantitative estimate of drug-likeness (QED) is 0.811. The Kier molecular flexibility index (Phi) is 3.37. The molecule has 1 fully saturated rings. The van der Waals surface area contributed by atoms with Crippen molar-refractivity contribution in [3.8, 4) is 6.07 Å². The fraction of sp³-hybridized carbons (Fsp3) is 0.615. The van der Waals surface area contributed by atoms with Gasteiger partial charge in [0.2, 0.25) is 5.91 Å². The lowest BCUT2D eigenvalue weighted by Gasteiger charge is -2.26. The summed E-state index contributed by atoms with van der Waals surface area (Å²) in [7, 11) is 3.64. The van der Waals surface area contributed by atoms with Gasteiger partial charge in [0, 0.05) is 26.5 Å². The number of imidazole rings is 1. The van der Waals surface area contributed by atoms with Crippen molar-refractivity contribution in [2.75, 3.05) is 7.05 Å². The largest absolute Gasteiger partial charge is 0.337 e. The third-order valence-corrected chi connectivity index (χ3v) is 3.73. The summed E-state index contributed by atoms with van der Waals surface area (Å²) in [6, 6.07) is 2.23. The van der Waals surface area contributed by atoms with Crippen LogP contribution in [0.25, 0.3) is 0 Å². The SMILES string of the molecule is CN(Cc1nccn1C)C(=O)C1(C#N)CCCC1. The number of aryl methyl sites for hydroxylation is 1. The van der Waals surface area contributed by atoms with Crippen LogP contribution in [0.15, 0.2) is 12.4 Å². The molecule has 1 aliphatic rings. The van der Waals surface area contributed by atoms with Gasteiger partial charge in [0.15, 0.2) is 0 Å². The van der Waals surface area contributed by atoms with Gasteiger partial charge in [-0.15, -0.1) is 0 Å². The van der Waals surface area contributed by atoms with Crippen molar-refractivity contribution in [1.29, 1.82) is 5.26 Å². The number of amides is 1. The average Bonchev–Trinajstić information content (AvgIpc) is 2.99. The van der Waals surface area contributed by atoms with Gasteiger partial charge in [0.1, 0.15) is 11.2 Å². The Balaban J connectivity index is 2.10. The summed E-state index contributed by atoms with van der Waals surface area (Å²) in [5.74, 6) is 0.766. The number of rotatable bonds is 3. The van der Waals surface area contributed by atoms with Gasteiger partial charge in [-0.1, -0.05) is 12.8 Å². The van der Waals surface area contributed by atoms with Crippen molar-refractivity contribution in [1.82, 2.24) is 14.5 Å². The van der Waals surface area contributed by atoms with E-state index in [9.17, 15) is 10.1 Å². The summed E-state index contributed by atoms with van der Waals surface area (Å²) >= 11 is 0. The van der Waals surface area contributed by atoms with Crippen molar-refractivity contribution < 1.29 is 4.79 Å². The van der Waals surface area contributed by atoms with E-state index < -0.39 is 5.41 Å². The van der Waals surface area contributed by atoms with Crippen molar-refractivity contribution in [2.24, 2.45) is 12.5 Å². The van der Waals surface area contributed by atoms with E-state index in [1.165, 1.54) is 0 Å². The lowest BCUT2D eigenvalue weighted by Crippen LogP contribution is -2.39. The number of nitrogens with zero attached hydrogens (tertiary/aromatic N) is 4. The molecule has 2 rings (SSSR count). The van der Waals surface area contributed by atoms with Crippen LogP contribution >= 0.6 is 0 Å². The third-order valence-electron chi connectivity index (χ3n) is 3.73. The molecule has 0 bridgehead atoms. The van der Waals surface area contributed by atoms with Crippen LogP contribution in [0.5, 0.6) is 0 Å². The number of carbonyl (C=O) groups is 1. The molecule has 0 saturated heterocycles. The summed E-state index contributed by atoms with van der Waals surface area (Å²) in [6.07, 6.45) is 6.87. The second kappa shape index (κ2) is 4.81. The van der Waals surface area contributed by atoms with Crippen LogP contribution in [0.1, 0.15) is 31.5 Å². The van der Waals surface area contributed by atoms with Gasteiger partial charge >= 0.3 is 0 Å². The smallest absolute Gasteiger partial charge is 0.243 e. The number of hydrogen-bond acceptors (Lipinski definition) is 3. The van der Waals surface area contributed by atoms with E-state index in [0.717, 1.165) is 18.7 Å². The first-order valence-corrected chi connectivity index (χ1v) is 6.22. The van der Waals surface area contributed by atoms with Crippen LogP contribution in [0.3, 0.4) is 0 Å². The normalized spacial score (nSPS) is 17.4. The zero-order valence-electron chi connectivity index (χ0n) is 10.9. The Morgan fingerprint density at radius 3 is 2.78 bits per heavy atom. The minimum absolute atomic E-state index is 0.0644. The van der Waals surface area contributed by atoms with Gasteiger partial charge in [0.25, 0.3) is 0 Å². The molecular formula is C13H18N4O. The van der Waals surface area contributed by atoms with Crippen LogP contribution in [0.4, 0.5) is 0 Å². The highest BCUT2D eigenvalue weighted by atomic mass is 16.2. The van der Waals surface area contributed by atoms with Gasteiger partial charge in [-0.05, 0) is 12.8 Å². The average molecular weight is 246 g/mol. The third kappa shape index (κ3) is 2.10. The Morgan fingerprint density at radius 1 is 1.61 bits per heavy atom. The molecule has 0 spiro atoms. The van der Waals surface area contributed by atoms with Crippen LogP contribution in [-0.4, -0.2) is 27.4 Å². The van der Waals surface area contributed by atoms with Crippen molar-refractivity contribution in [2.45, 2.75) is 32.2 Å². The second-order valence-corrected chi connectivity index (χ2v) is 5.02. The Bertz CT molecular complexity index is 479. The van der Waals surface area contributed by atoms with Crippen molar-refractivity contribution in [3.05, 3.63) is 18.2 Å². The first-order valence-electron chi connectivity index (χ1n) is 6.22. The van der Waals surface area contributed by atoms with Gasteiger partial charge in [-0.2, -0.15) is 5.26 Å². The van der Waals surface area contributed by atoms with E-state index >= 15 is 0 Å². The van der Waals surface area contributed by atoms with E-state index in [-0.39, 0.29) is 5.91 Å². The molecule has 0 N–H and O–H groups in total. The van der Waals surface area contributed by atoms with E-state index in [1.54, 1.807) is 18.1 Å². The maximum Gasteiger partial charge on any atom is 0.243 e. The van der Waals surface area contributed by atoms with Crippen LogP contribution in [0.2, 0.25) is 0 Å². The number of hydrogen-bond donors (Lipinski definition) is 0. The van der Waals surface area contributed by atoms with Crippen LogP contribution < -0.4 is 0 Å². The molecule has 1 saturated carbocycles. The number of carbonyl (C=O) groups excluding carboxylic acids is 1. The standard InChI is InChI=1S/C13H18N4O/c1-16-8-7-15-11(16)9-17(2)12(18)13(10-14)5-3-4-6-13/h7-8H,3-6,9H2,1-2H3. The molecule has 1 amide bonds. The molecular weight excluding hydrogens is 228 g/mol. The zero-order valence-corrected chi connectivity index (χ0v) is 10.9. The molecule has 1 aromatic rings. The van der Waals surface area contributed by atoms with Gasteiger partial charge in [0.05, 0.1) is 12.6 Å². The monoisotopic (exact) mass is 246 g/mol. The maximum atomic E-state index is 12.4. The van der Waals surface area contributed by atoms with Gasteiger partial charge in [-0.25, -0.2) is 4.98 Å². The lowest BCUT2D eigenvalue weighted by atomic mass is 9.86. The van der Waals surface area contributed by atoms with Crippen molar-refractivity contribution >= 4 is 5.91 Å². The fourth-order valence-electron chi connectivity index (χ4n) is 2.55. The topological polar surface area (TPSA) is 61.9 Å². The predicted molar refractivity (Wildman–Crippen MR) is 66.2 cm³/mol. The lowest BCUT2D eigenvalue weighted by molar-refractivity contribution is -0.138. The molecule has 0 radical (unpaired) electrons. The number of aromatic nitrogens is 2. The highest BCUT2D eigenvalue weighted by molar-refractivity contribution is 5.85. The highest BCUT2D eigenvalue weighted by Crippen LogP contribution is 2.39. The Morgan fingerprint density at radius 2 is 2.28 bits per heavy atom. The van der Waals surface area contributed by atoms with Crippen LogP contribution in [0, 0.1) is 16.7 Å². The molecule has 5 nitrogen and oxygen atoms in total. The van der Waals surface area contributed by atoms with E-state index in [2.05, 4.69) is 11.1 Å². The van der Waals surface area contributed by atoms with Gasteiger partial charge < -0.3 is 9.47 Å². The summed E-state index contributed by atoms with van der Waals surface area (Å²) in [5.41, 5.74) is -0.792. The van der Waals surface area contributed by atoms with Gasteiger partial charge in [-0.3, -0.25) is 4.79 Å². The van der Waals surface area contributed by atoms with E-state index in [1.807, 2.05) is 17.8 Å². The van der Waals surface area contributed by atoms with E-state index in [4.69, 9.17) is 0 Å². The molecule has 1 heterocycles. The number of nitriles is 1. The molecule has 0 aromatic carbocycles. The minimum Gasteiger partial charge on any atom is -0.337 e. The first kappa shape index (κ1) is 12.6. The molecule has 0 atom stereocenters. The molecule has 0 unspecified atom stereocenters.